The van der Waals surface area contributed by atoms with E-state index in [1.165, 1.54) is 6.07 Å². The van der Waals surface area contributed by atoms with Crippen molar-refractivity contribution in [3.63, 3.8) is 0 Å². The summed E-state index contributed by atoms with van der Waals surface area (Å²) in [5.74, 6) is 0. The van der Waals surface area contributed by atoms with E-state index in [4.69, 9.17) is 11.6 Å². The van der Waals surface area contributed by atoms with Gasteiger partial charge in [0.25, 0.3) is 0 Å². The van der Waals surface area contributed by atoms with Gasteiger partial charge in [-0.2, -0.15) is 5.10 Å². The number of halogens is 1. The van der Waals surface area contributed by atoms with Gasteiger partial charge < -0.3 is 0 Å². The molecule has 0 aromatic carbocycles. The first-order valence-corrected chi connectivity index (χ1v) is 9.33. The summed E-state index contributed by atoms with van der Waals surface area (Å²) in [7, 11) is -1.79. The van der Waals surface area contributed by atoms with E-state index in [1.54, 1.807) is 24.0 Å². The van der Waals surface area contributed by atoms with Crippen LogP contribution in [0.2, 0.25) is 4.34 Å². The fraction of sp³-hybridized carbons (Fsp3) is 0.143. The molecular weight excluding hydrogens is 356 g/mol. The highest BCUT2D eigenvalue weighted by molar-refractivity contribution is 7.91. The van der Waals surface area contributed by atoms with E-state index in [0.717, 1.165) is 22.7 Å². The highest BCUT2D eigenvalue weighted by atomic mass is 35.5. The maximum absolute atomic E-state index is 12.2. The summed E-state index contributed by atoms with van der Waals surface area (Å²) in [5, 5.41) is 4.32. The largest absolute Gasteiger partial charge is 0.266 e. The summed E-state index contributed by atoms with van der Waals surface area (Å²) in [5.41, 5.74) is 2.21. The lowest BCUT2D eigenvalue weighted by Crippen LogP contribution is -2.22. The van der Waals surface area contributed by atoms with Crippen LogP contribution in [0.1, 0.15) is 5.69 Å². The van der Waals surface area contributed by atoms with Crippen molar-refractivity contribution in [2.24, 2.45) is 7.05 Å². The summed E-state index contributed by atoms with van der Waals surface area (Å²) in [4.78, 5) is 4.27. The minimum atomic E-state index is -3.59. The molecule has 0 saturated carbocycles. The molecule has 0 unspecified atom stereocenters. The molecule has 1 N–H and O–H groups in total. The highest BCUT2D eigenvalue weighted by Gasteiger charge is 2.17. The third kappa shape index (κ3) is 3.61. The number of pyridine rings is 1. The lowest BCUT2D eigenvalue weighted by molar-refractivity contribution is 0.581. The zero-order valence-electron chi connectivity index (χ0n) is 12.1. The first-order valence-electron chi connectivity index (χ1n) is 6.65. The van der Waals surface area contributed by atoms with Crippen LogP contribution in [-0.4, -0.2) is 23.2 Å². The van der Waals surface area contributed by atoms with Gasteiger partial charge in [-0.25, -0.2) is 13.1 Å². The van der Waals surface area contributed by atoms with Crippen LogP contribution in [0.15, 0.2) is 46.8 Å². The number of thiophene rings is 1. The average molecular weight is 369 g/mol. The van der Waals surface area contributed by atoms with E-state index in [9.17, 15) is 8.42 Å². The molecule has 0 spiro atoms. The number of rotatable bonds is 5. The van der Waals surface area contributed by atoms with Gasteiger partial charge in [0, 0.05) is 13.2 Å². The molecule has 0 amide bonds. The summed E-state index contributed by atoms with van der Waals surface area (Å²) in [6.07, 6.45) is 1.70. The Balaban J connectivity index is 1.77. The van der Waals surface area contributed by atoms with Crippen LogP contribution in [0.3, 0.4) is 0 Å². The second-order valence-corrected chi connectivity index (χ2v) is 8.45. The molecule has 23 heavy (non-hydrogen) atoms. The Morgan fingerprint density at radius 1 is 1.30 bits per heavy atom. The molecule has 3 heterocycles. The molecule has 0 bridgehead atoms. The predicted octanol–water partition coefficient (Wildman–Crippen LogP) is 2.68. The smallest absolute Gasteiger partial charge is 0.250 e. The van der Waals surface area contributed by atoms with Crippen molar-refractivity contribution in [2.75, 3.05) is 0 Å². The first-order chi connectivity index (χ1) is 11.0. The molecule has 0 saturated heterocycles. The van der Waals surface area contributed by atoms with Crippen LogP contribution in [0.5, 0.6) is 0 Å². The molecule has 0 atom stereocenters. The molecule has 120 valence electrons. The van der Waals surface area contributed by atoms with Crippen LogP contribution in [0.25, 0.3) is 11.4 Å². The Bertz CT molecular complexity index is 919. The predicted molar refractivity (Wildman–Crippen MR) is 89.8 cm³/mol. The topological polar surface area (TPSA) is 76.9 Å². The molecule has 3 aromatic heterocycles. The Morgan fingerprint density at radius 3 is 2.78 bits per heavy atom. The van der Waals surface area contributed by atoms with Gasteiger partial charge in [-0.05, 0) is 30.3 Å². The van der Waals surface area contributed by atoms with Crippen molar-refractivity contribution in [3.8, 4) is 11.4 Å². The van der Waals surface area contributed by atoms with Crippen LogP contribution in [-0.2, 0) is 23.6 Å². The minimum absolute atomic E-state index is 0.0958. The first kappa shape index (κ1) is 16.1. The summed E-state index contributed by atoms with van der Waals surface area (Å²) in [6, 6.07) is 10.4. The molecule has 0 radical (unpaired) electrons. The second kappa shape index (κ2) is 6.40. The normalized spacial score (nSPS) is 11.7. The van der Waals surface area contributed by atoms with Gasteiger partial charge in [0.1, 0.15) is 4.21 Å². The molecule has 6 nitrogen and oxygen atoms in total. The fourth-order valence-corrected chi connectivity index (χ4v) is 4.58. The minimum Gasteiger partial charge on any atom is -0.266 e. The highest BCUT2D eigenvalue weighted by Crippen LogP contribution is 2.25. The van der Waals surface area contributed by atoms with Gasteiger partial charge in [-0.1, -0.05) is 17.7 Å². The maximum atomic E-state index is 12.2. The Labute approximate surface area is 142 Å². The van der Waals surface area contributed by atoms with E-state index < -0.39 is 10.0 Å². The molecule has 0 aliphatic rings. The molecule has 0 fully saturated rings. The zero-order valence-corrected chi connectivity index (χ0v) is 14.5. The summed E-state index contributed by atoms with van der Waals surface area (Å²) in [6.45, 7) is 0.0958. The fourth-order valence-electron chi connectivity index (χ4n) is 2.05. The van der Waals surface area contributed by atoms with Crippen LogP contribution < -0.4 is 4.72 Å². The molecular formula is C14H13ClN4O2S2. The Hall–Kier alpha value is -1.74. The molecule has 3 aromatic rings. The quantitative estimate of drug-likeness (QED) is 0.751. The van der Waals surface area contributed by atoms with Crippen molar-refractivity contribution in [3.05, 3.63) is 52.6 Å². The van der Waals surface area contributed by atoms with Crippen molar-refractivity contribution in [1.29, 1.82) is 0 Å². The molecule has 0 aliphatic heterocycles. The van der Waals surface area contributed by atoms with Crippen LogP contribution in [0, 0.1) is 0 Å². The van der Waals surface area contributed by atoms with Gasteiger partial charge in [-0.15, -0.1) is 11.3 Å². The van der Waals surface area contributed by atoms with Gasteiger partial charge >= 0.3 is 0 Å². The molecule has 0 aliphatic carbocycles. The summed E-state index contributed by atoms with van der Waals surface area (Å²) >= 11 is 6.79. The van der Waals surface area contributed by atoms with E-state index in [0.29, 0.717) is 10.0 Å². The third-order valence-electron chi connectivity index (χ3n) is 3.11. The standard InChI is InChI=1S/C14H13ClN4O2S2/c1-19-12(11-4-2-3-7-16-11)8-10(18-19)9-17-23(20,21)14-6-5-13(15)22-14/h2-8,17H,9H2,1H3. The Kier molecular flexibility index (Phi) is 4.49. The monoisotopic (exact) mass is 368 g/mol. The van der Waals surface area contributed by atoms with Gasteiger partial charge in [0.2, 0.25) is 10.0 Å². The second-order valence-electron chi connectivity index (χ2n) is 4.74. The number of aromatic nitrogens is 3. The molecule has 9 heteroatoms. The van der Waals surface area contributed by atoms with Crippen molar-refractivity contribution in [1.82, 2.24) is 19.5 Å². The van der Waals surface area contributed by atoms with Crippen LogP contribution in [0.4, 0.5) is 0 Å². The Morgan fingerprint density at radius 2 is 2.13 bits per heavy atom. The van der Waals surface area contributed by atoms with E-state index in [2.05, 4.69) is 14.8 Å². The van der Waals surface area contributed by atoms with Crippen molar-refractivity contribution in [2.45, 2.75) is 10.8 Å². The van der Waals surface area contributed by atoms with E-state index in [-0.39, 0.29) is 10.8 Å². The zero-order chi connectivity index (χ0) is 16.4. The third-order valence-corrected chi connectivity index (χ3v) is 6.24. The summed E-state index contributed by atoms with van der Waals surface area (Å²) < 4.78 is 29.2. The van der Waals surface area contributed by atoms with E-state index >= 15 is 0 Å². The number of nitrogens with one attached hydrogen (secondary N) is 1. The number of nitrogens with zero attached hydrogens (tertiary/aromatic N) is 3. The lowest BCUT2D eigenvalue weighted by atomic mass is 10.2. The van der Waals surface area contributed by atoms with E-state index in [1.807, 2.05) is 24.3 Å². The van der Waals surface area contributed by atoms with Gasteiger partial charge in [0.05, 0.1) is 28.0 Å². The number of hydrogen-bond donors (Lipinski definition) is 1. The van der Waals surface area contributed by atoms with Gasteiger partial charge in [-0.3, -0.25) is 9.67 Å². The SMILES string of the molecule is Cn1nc(CNS(=O)(=O)c2ccc(Cl)s2)cc1-c1ccccn1. The van der Waals surface area contributed by atoms with Crippen molar-refractivity contribution >= 4 is 33.0 Å². The number of hydrogen-bond acceptors (Lipinski definition) is 5. The molecule has 3 rings (SSSR count). The average Bonchev–Trinajstić information content (AvgIpc) is 3.13. The maximum Gasteiger partial charge on any atom is 0.250 e. The number of aryl methyl sites for hydroxylation is 1. The van der Waals surface area contributed by atoms with Gasteiger partial charge in [0.15, 0.2) is 0 Å². The van der Waals surface area contributed by atoms with Crippen molar-refractivity contribution < 1.29 is 8.42 Å². The number of sulfonamides is 1. The van der Waals surface area contributed by atoms with Crippen LogP contribution >= 0.6 is 22.9 Å². The lowest BCUT2D eigenvalue weighted by Gasteiger charge is -2.01.